The van der Waals surface area contributed by atoms with Crippen molar-refractivity contribution in [2.75, 3.05) is 20.3 Å². The van der Waals surface area contributed by atoms with E-state index >= 15 is 0 Å². The maximum Gasteiger partial charge on any atom is 0.408 e. The molecule has 6 bridgehead atoms. The summed E-state index contributed by atoms with van der Waals surface area (Å²) in [6, 6.07) is 11.7. The quantitative estimate of drug-likeness (QED) is 0.202. The van der Waals surface area contributed by atoms with Crippen molar-refractivity contribution in [2.24, 2.45) is 5.41 Å². The molecule has 0 unspecified atom stereocenters. The van der Waals surface area contributed by atoms with E-state index in [1.165, 1.54) is 5.01 Å². The molecule has 3 N–H and O–H groups in total. The average molecular weight is 726 g/mol. The summed E-state index contributed by atoms with van der Waals surface area (Å²) in [4.78, 5) is 45.2. The summed E-state index contributed by atoms with van der Waals surface area (Å²) in [6.07, 6.45) is 4.61. The predicted molar refractivity (Wildman–Crippen MR) is 202 cm³/mol. The smallest absolute Gasteiger partial charge is 0.408 e. The van der Waals surface area contributed by atoms with Gasteiger partial charge in [-0.3, -0.25) is 19.6 Å². The summed E-state index contributed by atoms with van der Waals surface area (Å²) in [6.45, 7) is 13.1. The normalized spacial score (nSPS) is 19.4. The second-order valence-corrected chi connectivity index (χ2v) is 15.8. The average Bonchev–Trinajstić information content (AvgIpc) is 3.40. The van der Waals surface area contributed by atoms with E-state index in [1.807, 2.05) is 24.4 Å². The van der Waals surface area contributed by atoms with Crippen LogP contribution in [0.15, 0.2) is 54.9 Å². The van der Waals surface area contributed by atoms with Gasteiger partial charge in [0.05, 0.1) is 18.9 Å². The molecule has 12 heteroatoms. The Morgan fingerprint density at radius 3 is 2.66 bits per heavy atom. The maximum atomic E-state index is 14.1. The van der Waals surface area contributed by atoms with Gasteiger partial charge in [0.25, 0.3) is 5.91 Å². The van der Waals surface area contributed by atoms with Crippen molar-refractivity contribution in [3.05, 3.63) is 71.5 Å². The highest BCUT2D eigenvalue weighted by Gasteiger charge is 2.36. The van der Waals surface area contributed by atoms with Gasteiger partial charge in [0.15, 0.2) is 0 Å². The number of aromatic hydroxyl groups is 1. The second kappa shape index (κ2) is 15.2. The highest BCUT2D eigenvalue weighted by molar-refractivity contribution is 5.95. The zero-order valence-electron chi connectivity index (χ0n) is 31.7. The number of phenolic OH excluding ortho intramolecular Hbond substituents is 1. The van der Waals surface area contributed by atoms with Crippen LogP contribution in [0.25, 0.3) is 33.3 Å². The van der Waals surface area contributed by atoms with Crippen molar-refractivity contribution in [3.8, 4) is 28.1 Å². The van der Waals surface area contributed by atoms with Gasteiger partial charge < -0.3 is 29.2 Å². The fourth-order valence-corrected chi connectivity index (χ4v) is 7.38. The first kappa shape index (κ1) is 37.8. The zero-order valence-corrected chi connectivity index (χ0v) is 31.7. The summed E-state index contributed by atoms with van der Waals surface area (Å²) in [5, 5.41) is 16.2. The number of carbonyl (C=O) groups is 3. The number of hydrogen-bond acceptors (Lipinski definition) is 9. The molecule has 4 aromatic rings. The number of esters is 1. The van der Waals surface area contributed by atoms with E-state index in [2.05, 4.69) is 53.2 Å². The number of rotatable bonds is 5. The van der Waals surface area contributed by atoms with Crippen LogP contribution in [-0.2, 0) is 49.8 Å². The number of amides is 2. The number of aryl methyl sites for hydroxylation is 1. The molecule has 0 radical (unpaired) electrons. The third-order valence-corrected chi connectivity index (χ3v) is 9.69. The van der Waals surface area contributed by atoms with Crippen LogP contribution in [0.4, 0.5) is 4.79 Å². The van der Waals surface area contributed by atoms with Gasteiger partial charge in [0.1, 0.15) is 23.4 Å². The molecule has 1 saturated heterocycles. The van der Waals surface area contributed by atoms with Gasteiger partial charge in [-0.15, -0.1) is 0 Å². The van der Waals surface area contributed by atoms with Gasteiger partial charge in [0.2, 0.25) is 0 Å². The van der Waals surface area contributed by atoms with Gasteiger partial charge in [-0.05, 0) is 105 Å². The number of alkyl carbamates (subject to hydrolysis) is 1. The molecule has 0 aliphatic carbocycles. The van der Waals surface area contributed by atoms with Crippen molar-refractivity contribution < 1.29 is 33.7 Å². The van der Waals surface area contributed by atoms with Crippen LogP contribution < -0.4 is 10.7 Å². The second-order valence-electron chi connectivity index (χ2n) is 15.8. The molecule has 6 rings (SSSR count). The van der Waals surface area contributed by atoms with Crippen molar-refractivity contribution in [1.82, 2.24) is 25.3 Å². The lowest BCUT2D eigenvalue weighted by Gasteiger charge is -2.35. The van der Waals surface area contributed by atoms with Gasteiger partial charge in [0, 0.05) is 60.9 Å². The number of nitrogens with zero attached hydrogens (tertiary/aromatic N) is 3. The number of methoxy groups -OCH3 is 1. The fourth-order valence-electron chi connectivity index (χ4n) is 7.38. The number of aromatic nitrogens is 2. The first-order valence-corrected chi connectivity index (χ1v) is 18.3. The minimum absolute atomic E-state index is 0.0297. The number of fused-ring (bicyclic) bond motifs is 6. The number of ether oxygens (including phenoxy) is 3. The van der Waals surface area contributed by atoms with Crippen molar-refractivity contribution in [2.45, 2.75) is 98.1 Å². The van der Waals surface area contributed by atoms with Crippen LogP contribution >= 0.6 is 0 Å². The van der Waals surface area contributed by atoms with Crippen molar-refractivity contribution >= 4 is 28.9 Å². The lowest BCUT2D eigenvalue weighted by molar-refractivity contribution is -0.155. The number of pyridine rings is 1. The molecule has 53 heavy (non-hydrogen) atoms. The number of hydrazine groups is 1. The molecule has 12 nitrogen and oxygen atoms in total. The molecule has 2 aromatic carbocycles. The first-order valence-electron chi connectivity index (χ1n) is 18.3. The summed E-state index contributed by atoms with van der Waals surface area (Å²) in [5.41, 5.74) is 9.20. The van der Waals surface area contributed by atoms with Gasteiger partial charge >= 0.3 is 12.1 Å². The highest BCUT2D eigenvalue weighted by atomic mass is 16.6. The van der Waals surface area contributed by atoms with Gasteiger partial charge in [-0.25, -0.2) is 10.2 Å². The summed E-state index contributed by atoms with van der Waals surface area (Å²) >= 11 is 0. The number of carbonyl (C=O) groups excluding carboxylic acids is 3. The third kappa shape index (κ3) is 8.49. The SMILES string of the molecule is CCn1c(-c2cnccc2COC)c2c3cc(ccc31)-c1cc(O)cc(c1)C[C@H](NC(=O)OC(C)(C)C)C(=O)N1CCC[C@H](N1)C(=O)OCC(C)(C)C2. The Hall–Kier alpha value is -4.94. The fraction of sp³-hybridized carbons (Fsp3) is 0.463. The highest BCUT2D eigenvalue weighted by Crippen LogP contribution is 2.41. The van der Waals surface area contributed by atoms with E-state index in [0.717, 1.165) is 44.4 Å². The molecule has 0 spiro atoms. The number of hydrogen-bond donors (Lipinski definition) is 3. The van der Waals surface area contributed by atoms with E-state index in [4.69, 9.17) is 14.2 Å². The lowest BCUT2D eigenvalue weighted by atomic mass is 9.84. The van der Waals surface area contributed by atoms with Crippen LogP contribution in [0.2, 0.25) is 0 Å². The molecule has 2 amide bonds. The summed E-state index contributed by atoms with van der Waals surface area (Å²) < 4.78 is 19.4. The van der Waals surface area contributed by atoms with E-state index in [0.29, 0.717) is 44.5 Å². The topological polar surface area (TPSA) is 144 Å². The van der Waals surface area contributed by atoms with Crippen LogP contribution in [-0.4, -0.2) is 75.6 Å². The minimum atomic E-state index is -1.06. The first-order chi connectivity index (χ1) is 25.2. The summed E-state index contributed by atoms with van der Waals surface area (Å²) in [5.74, 6) is -0.844. The van der Waals surface area contributed by atoms with E-state index in [1.54, 1.807) is 46.2 Å². The van der Waals surface area contributed by atoms with Gasteiger partial charge in [-0.1, -0.05) is 26.0 Å². The largest absolute Gasteiger partial charge is 0.508 e. The van der Waals surface area contributed by atoms with E-state index in [-0.39, 0.29) is 18.8 Å². The van der Waals surface area contributed by atoms with E-state index < -0.39 is 41.1 Å². The van der Waals surface area contributed by atoms with Crippen LogP contribution in [0.3, 0.4) is 0 Å². The van der Waals surface area contributed by atoms with Crippen molar-refractivity contribution in [3.63, 3.8) is 0 Å². The minimum Gasteiger partial charge on any atom is -0.508 e. The number of benzene rings is 2. The zero-order chi connectivity index (χ0) is 38.1. The maximum absolute atomic E-state index is 14.1. The van der Waals surface area contributed by atoms with Crippen LogP contribution in [0, 0.1) is 5.41 Å². The van der Waals surface area contributed by atoms with Crippen molar-refractivity contribution in [1.29, 1.82) is 0 Å². The summed E-state index contributed by atoms with van der Waals surface area (Å²) in [7, 11) is 1.68. The Balaban J connectivity index is 1.53. The molecule has 1 fully saturated rings. The molecule has 282 valence electrons. The van der Waals surface area contributed by atoms with Crippen LogP contribution in [0.1, 0.15) is 71.1 Å². The monoisotopic (exact) mass is 725 g/mol. The molecule has 2 atom stereocenters. The Labute approximate surface area is 310 Å². The number of phenols is 1. The predicted octanol–water partition coefficient (Wildman–Crippen LogP) is 6.30. The van der Waals surface area contributed by atoms with E-state index in [9.17, 15) is 19.5 Å². The van der Waals surface area contributed by atoms with Crippen LogP contribution in [0.5, 0.6) is 5.75 Å². The van der Waals surface area contributed by atoms with Gasteiger partial charge in [-0.2, -0.15) is 0 Å². The molecule has 2 aliphatic rings. The third-order valence-electron chi connectivity index (χ3n) is 9.69. The molecular formula is C41H51N5O7. The molecule has 0 saturated carbocycles. The standard InChI is InChI=1S/C41H51N5O7/c1-8-45-35-12-11-26-20-30(35)31(36(45)32-22-42-14-13-27(32)23-51-7)21-41(5,6)24-52-38(49)33-10-9-15-46(44-33)37(48)34(43-39(50)53-40(2,3)4)18-25-16-28(26)19-29(47)17-25/h11-14,16-17,19-20,22,33-34,44,47H,8-10,15,18,21,23-24H2,1-7H3,(H,43,50)/t33-,34-/m0/s1. The molecular weight excluding hydrogens is 674 g/mol. The number of cyclic esters (lactones) is 1. The lowest BCUT2D eigenvalue weighted by Crippen LogP contribution is -2.60. The Morgan fingerprint density at radius 1 is 1.13 bits per heavy atom. The Bertz CT molecular complexity index is 2010. The molecule has 4 heterocycles. The molecule has 2 aliphatic heterocycles. The molecule has 2 aromatic heterocycles. The Morgan fingerprint density at radius 2 is 1.92 bits per heavy atom. The Kier molecular flexibility index (Phi) is 10.8. The number of nitrogens with one attached hydrogen (secondary N) is 2.